The molecule has 2 rings (SSSR count). The zero-order chi connectivity index (χ0) is 13.1. The van der Waals surface area contributed by atoms with Crippen molar-refractivity contribution in [3.8, 4) is 0 Å². The van der Waals surface area contributed by atoms with Crippen LogP contribution in [0, 0.1) is 21.8 Å². The summed E-state index contributed by atoms with van der Waals surface area (Å²) < 4.78 is 13.1. The van der Waals surface area contributed by atoms with Gasteiger partial charge in [0, 0.05) is 18.7 Å². The SMILES string of the molecule is O=[N+]([O-])c1ccc(F)cc1NCC1CCC(O)C1. The van der Waals surface area contributed by atoms with Crippen molar-refractivity contribution in [2.45, 2.75) is 25.4 Å². The van der Waals surface area contributed by atoms with Crippen LogP contribution < -0.4 is 5.32 Å². The van der Waals surface area contributed by atoms with Gasteiger partial charge in [0.15, 0.2) is 0 Å². The van der Waals surface area contributed by atoms with Crippen molar-refractivity contribution >= 4 is 11.4 Å². The summed E-state index contributed by atoms with van der Waals surface area (Å²) in [5.41, 5.74) is 0.0661. The number of aliphatic hydroxyl groups excluding tert-OH is 1. The largest absolute Gasteiger partial charge is 0.393 e. The number of halogens is 1. The number of hydrogen-bond donors (Lipinski definition) is 2. The first-order chi connectivity index (χ1) is 8.56. The maximum absolute atomic E-state index is 13.1. The van der Waals surface area contributed by atoms with Crippen molar-refractivity contribution in [2.24, 2.45) is 5.92 Å². The Morgan fingerprint density at radius 1 is 1.50 bits per heavy atom. The topological polar surface area (TPSA) is 75.4 Å². The molecule has 1 aliphatic rings. The highest BCUT2D eigenvalue weighted by Gasteiger charge is 2.23. The standard InChI is InChI=1S/C12H15FN2O3/c13-9-2-4-12(15(17)18)11(6-9)14-7-8-1-3-10(16)5-8/h2,4,6,8,10,14,16H,1,3,5,7H2. The first kappa shape index (κ1) is 12.8. The molecule has 1 aromatic carbocycles. The minimum Gasteiger partial charge on any atom is -0.393 e. The molecule has 1 fully saturated rings. The highest BCUT2D eigenvalue weighted by Crippen LogP contribution is 2.28. The van der Waals surface area contributed by atoms with Gasteiger partial charge in [-0.2, -0.15) is 0 Å². The van der Waals surface area contributed by atoms with Gasteiger partial charge in [0.25, 0.3) is 5.69 Å². The minimum atomic E-state index is -0.536. The highest BCUT2D eigenvalue weighted by atomic mass is 19.1. The van der Waals surface area contributed by atoms with Gasteiger partial charge in [0.1, 0.15) is 11.5 Å². The lowest BCUT2D eigenvalue weighted by Crippen LogP contribution is -2.13. The summed E-state index contributed by atoms with van der Waals surface area (Å²) in [5.74, 6) is -0.225. The Hall–Kier alpha value is -1.69. The molecule has 1 aliphatic carbocycles. The lowest BCUT2D eigenvalue weighted by Gasteiger charge is -2.12. The van der Waals surface area contributed by atoms with E-state index in [9.17, 15) is 19.6 Å². The molecule has 6 heteroatoms. The van der Waals surface area contributed by atoms with Gasteiger partial charge in [-0.1, -0.05) is 0 Å². The van der Waals surface area contributed by atoms with E-state index < -0.39 is 10.7 Å². The number of nitrogens with zero attached hydrogens (tertiary/aromatic N) is 1. The van der Waals surface area contributed by atoms with Crippen molar-refractivity contribution < 1.29 is 14.4 Å². The summed E-state index contributed by atoms with van der Waals surface area (Å²) >= 11 is 0. The number of nitrogens with one attached hydrogen (secondary N) is 1. The molecule has 1 aromatic rings. The zero-order valence-corrected chi connectivity index (χ0v) is 9.80. The van der Waals surface area contributed by atoms with E-state index >= 15 is 0 Å². The molecule has 0 bridgehead atoms. The number of aliphatic hydroxyl groups is 1. The van der Waals surface area contributed by atoms with Gasteiger partial charge in [-0.15, -0.1) is 0 Å². The molecule has 0 spiro atoms. The fraction of sp³-hybridized carbons (Fsp3) is 0.500. The second-order valence-electron chi connectivity index (χ2n) is 4.63. The molecule has 0 saturated heterocycles. The number of nitro groups is 1. The van der Waals surface area contributed by atoms with Gasteiger partial charge in [-0.25, -0.2) is 4.39 Å². The van der Waals surface area contributed by atoms with E-state index in [1.165, 1.54) is 0 Å². The van der Waals surface area contributed by atoms with E-state index in [1.54, 1.807) is 0 Å². The Labute approximate surface area is 104 Å². The number of rotatable bonds is 4. The predicted octanol–water partition coefficient (Wildman–Crippen LogP) is 2.31. The van der Waals surface area contributed by atoms with Crippen LogP contribution in [0.1, 0.15) is 19.3 Å². The molecule has 0 aliphatic heterocycles. The molecule has 1 saturated carbocycles. The molecule has 0 aromatic heterocycles. The van der Waals surface area contributed by atoms with Crippen molar-refractivity contribution in [2.75, 3.05) is 11.9 Å². The lowest BCUT2D eigenvalue weighted by molar-refractivity contribution is -0.384. The molecular weight excluding hydrogens is 239 g/mol. The molecule has 0 heterocycles. The first-order valence-corrected chi connectivity index (χ1v) is 5.92. The van der Waals surface area contributed by atoms with Crippen LogP contribution >= 0.6 is 0 Å². The lowest BCUT2D eigenvalue weighted by atomic mass is 10.1. The van der Waals surface area contributed by atoms with Crippen LogP contribution in [0.2, 0.25) is 0 Å². The van der Waals surface area contributed by atoms with E-state index in [4.69, 9.17) is 0 Å². The maximum Gasteiger partial charge on any atom is 0.292 e. The van der Waals surface area contributed by atoms with E-state index in [2.05, 4.69) is 5.32 Å². The van der Waals surface area contributed by atoms with Gasteiger partial charge in [0.05, 0.1) is 11.0 Å². The van der Waals surface area contributed by atoms with Crippen LogP contribution in [0.3, 0.4) is 0 Å². The molecule has 98 valence electrons. The molecule has 18 heavy (non-hydrogen) atoms. The third-order valence-corrected chi connectivity index (χ3v) is 3.25. The van der Waals surface area contributed by atoms with Crippen molar-refractivity contribution in [1.82, 2.24) is 0 Å². The first-order valence-electron chi connectivity index (χ1n) is 5.92. The highest BCUT2D eigenvalue weighted by molar-refractivity contribution is 5.61. The fourth-order valence-corrected chi connectivity index (χ4v) is 2.30. The quantitative estimate of drug-likeness (QED) is 0.638. The zero-order valence-electron chi connectivity index (χ0n) is 9.80. The van der Waals surface area contributed by atoms with Crippen LogP contribution in [0.25, 0.3) is 0 Å². The molecule has 2 atom stereocenters. The van der Waals surface area contributed by atoms with E-state index in [0.29, 0.717) is 13.0 Å². The Kier molecular flexibility index (Phi) is 3.76. The summed E-state index contributed by atoms with van der Waals surface area (Å²) in [6, 6.07) is 3.35. The minimum absolute atomic E-state index is 0.130. The van der Waals surface area contributed by atoms with Gasteiger partial charge < -0.3 is 10.4 Å². The Balaban J connectivity index is 2.04. The molecular formula is C12H15FN2O3. The summed E-state index contributed by atoms with van der Waals surface area (Å²) in [7, 11) is 0. The van der Waals surface area contributed by atoms with Gasteiger partial charge in [-0.05, 0) is 31.2 Å². The summed E-state index contributed by atoms with van der Waals surface area (Å²) in [6.07, 6.45) is 2.06. The number of hydrogen-bond acceptors (Lipinski definition) is 4. The monoisotopic (exact) mass is 254 g/mol. The van der Waals surface area contributed by atoms with Crippen LogP contribution in [0.5, 0.6) is 0 Å². The smallest absolute Gasteiger partial charge is 0.292 e. The van der Waals surface area contributed by atoms with Crippen LogP contribution in [0.4, 0.5) is 15.8 Å². The summed E-state index contributed by atoms with van der Waals surface area (Å²) in [4.78, 5) is 10.2. The average molecular weight is 254 g/mol. The van der Waals surface area contributed by atoms with Crippen LogP contribution in [0.15, 0.2) is 18.2 Å². The van der Waals surface area contributed by atoms with Crippen LogP contribution in [-0.4, -0.2) is 22.7 Å². The second kappa shape index (κ2) is 5.30. The number of anilines is 1. The summed E-state index contributed by atoms with van der Waals surface area (Å²) in [5, 5.41) is 23.1. The molecule has 0 amide bonds. The maximum atomic E-state index is 13.1. The molecule has 0 radical (unpaired) electrons. The Morgan fingerprint density at radius 3 is 2.89 bits per heavy atom. The number of benzene rings is 1. The summed E-state index contributed by atoms with van der Waals surface area (Å²) in [6.45, 7) is 0.515. The van der Waals surface area contributed by atoms with Crippen molar-refractivity contribution in [3.05, 3.63) is 34.1 Å². The predicted molar refractivity (Wildman–Crippen MR) is 64.9 cm³/mol. The van der Waals surface area contributed by atoms with Crippen LogP contribution in [-0.2, 0) is 0 Å². The van der Waals surface area contributed by atoms with Gasteiger partial charge in [-0.3, -0.25) is 10.1 Å². The van der Waals surface area contributed by atoms with E-state index in [0.717, 1.165) is 31.0 Å². The fourth-order valence-electron chi connectivity index (χ4n) is 2.30. The third kappa shape index (κ3) is 2.95. The van der Waals surface area contributed by atoms with Gasteiger partial charge >= 0.3 is 0 Å². The molecule has 2 unspecified atom stereocenters. The number of nitro benzene ring substituents is 1. The normalized spacial score (nSPS) is 23.0. The molecule has 2 N–H and O–H groups in total. The van der Waals surface area contributed by atoms with Crippen molar-refractivity contribution in [1.29, 1.82) is 0 Å². The van der Waals surface area contributed by atoms with Crippen molar-refractivity contribution in [3.63, 3.8) is 0 Å². The Morgan fingerprint density at radius 2 is 2.28 bits per heavy atom. The van der Waals surface area contributed by atoms with Gasteiger partial charge in [0.2, 0.25) is 0 Å². The van der Waals surface area contributed by atoms with E-state index in [1.807, 2.05) is 0 Å². The van der Waals surface area contributed by atoms with E-state index in [-0.39, 0.29) is 23.4 Å². The molecule has 5 nitrogen and oxygen atoms in total. The second-order valence-corrected chi connectivity index (χ2v) is 4.63. The third-order valence-electron chi connectivity index (χ3n) is 3.25. The Bertz CT molecular complexity index is 453. The average Bonchev–Trinajstić information content (AvgIpc) is 2.72.